The first-order chi connectivity index (χ1) is 7.18. The van der Waals surface area contributed by atoms with Crippen molar-refractivity contribution in [2.75, 3.05) is 0 Å². The summed E-state index contributed by atoms with van der Waals surface area (Å²) in [5.74, 6) is -1.02. The highest BCUT2D eigenvalue weighted by molar-refractivity contribution is 7.13. The van der Waals surface area contributed by atoms with Crippen molar-refractivity contribution in [3.8, 4) is 10.6 Å². The van der Waals surface area contributed by atoms with E-state index in [4.69, 9.17) is 16.7 Å². The van der Waals surface area contributed by atoms with Gasteiger partial charge in [0.05, 0.1) is 5.02 Å². The molecule has 0 saturated heterocycles. The third-order valence-electron chi connectivity index (χ3n) is 1.83. The van der Waals surface area contributed by atoms with Crippen molar-refractivity contribution in [2.24, 2.45) is 0 Å². The van der Waals surface area contributed by atoms with Gasteiger partial charge < -0.3 is 5.11 Å². The number of halogens is 1. The summed E-state index contributed by atoms with van der Waals surface area (Å²) < 4.78 is 0. The smallest absolute Gasteiger partial charge is 0.355 e. The molecule has 1 aromatic heterocycles. The van der Waals surface area contributed by atoms with Gasteiger partial charge in [-0.2, -0.15) is 0 Å². The summed E-state index contributed by atoms with van der Waals surface area (Å²) in [4.78, 5) is 14.6. The summed E-state index contributed by atoms with van der Waals surface area (Å²) >= 11 is 7.24. The molecule has 0 spiro atoms. The Morgan fingerprint density at radius 3 is 2.73 bits per heavy atom. The molecule has 2 aromatic rings. The predicted octanol–water partition coefficient (Wildman–Crippen LogP) is 3.16. The number of nitrogens with zero attached hydrogens (tertiary/aromatic N) is 1. The SMILES string of the molecule is O=C(O)c1csc(-c2ccccc2Cl)n1. The minimum absolute atomic E-state index is 0.0509. The van der Waals surface area contributed by atoms with Gasteiger partial charge in [-0.3, -0.25) is 0 Å². The standard InChI is InChI=1S/C10H6ClNO2S/c11-7-4-2-1-3-6(7)9-12-8(5-15-9)10(13)14/h1-5H,(H,13,14). The van der Waals surface area contributed by atoms with Gasteiger partial charge in [0.2, 0.25) is 0 Å². The Kier molecular flexibility index (Phi) is 2.70. The number of carbonyl (C=O) groups is 1. The molecule has 0 bridgehead atoms. The number of aromatic nitrogens is 1. The van der Waals surface area contributed by atoms with E-state index in [1.807, 2.05) is 18.2 Å². The maximum absolute atomic E-state index is 10.6. The van der Waals surface area contributed by atoms with Gasteiger partial charge in [-0.15, -0.1) is 11.3 Å². The molecule has 1 heterocycles. The molecule has 0 aliphatic carbocycles. The Balaban J connectivity index is 2.46. The summed E-state index contributed by atoms with van der Waals surface area (Å²) in [5, 5.41) is 11.4. The van der Waals surface area contributed by atoms with E-state index in [1.54, 1.807) is 6.07 Å². The van der Waals surface area contributed by atoms with Crippen LogP contribution in [0.1, 0.15) is 10.5 Å². The normalized spacial score (nSPS) is 10.2. The van der Waals surface area contributed by atoms with Crippen LogP contribution in [0.25, 0.3) is 10.6 Å². The van der Waals surface area contributed by atoms with Gasteiger partial charge in [0.15, 0.2) is 5.69 Å². The van der Waals surface area contributed by atoms with Crippen molar-refractivity contribution >= 4 is 28.9 Å². The van der Waals surface area contributed by atoms with Crippen LogP contribution < -0.4 is 0 Å². The highest BCUT2D eigenvalue weighted by Crippen LogP contribution is 2.29. The second-order valence-electron chi connectivity index (χ2n) is 2.82. The van der Waals surface area contributed by atoms with Gasteiger partial charge >= 0.3 is 5.97 Å². The molecule has 0 unspecified atom stereocenters. The molecule has 0 aliphatic rings. The summed E-state index contributed by atoms with van der Waals surface area (Å²) in [5.41, 5.74) is 0.812. The lowest BCUT2D eigenvalue weighted by molar-refractivity contribution is 0.0691. The van der Waals surface area contributed by atoms with E-state index in [0.717, 1.165) is 5.56 Å². The zero-order valence-corrected chi connectivity index (χ0v) is 9.05. The van der Waals surface area contributed by atoms with Crippen LogP contribution in [0.3, 0.4) is 0 Å². The quantitative estimate of drug-likeness (QED) is 0.876. The van der Waals surface area contributed by atoms with E-state index in [-0.39, 0.29) is 5.69 Å². The zero-order valence-electron chi connectivity index (χ0n) is 7.48. The number of carboxylic acid groups (broad SMARTS) is 1. The van der Waals surface area contributed by atoms with E-state index < -0.39 is 5.97 Å². The lowest BCUT2D eigenvalue weighted by atomic mass is 10.2. The second-order valence-corrected chi connectivity index (χ2v) is 4.09. The van der Waals surface area contributed by atoms with Gasteiger partial charge in [0.25, 0.3) is 0 Å². The van der Waals surface area contributed by atoms with Crippen LogP contribution >= 0.6 is 22.9 Å². The summed E-state index contributed by atoms with van der Waals surface area (Å²) in [6, 6.07) is 7.21. The third kappa shape index (κ3) is 2.00. The minimum atomic E-state index is -1.02. The molecule has 5 heteroatoms. The zero-order chi connectivity index (χ0) is 10.8. The third-order valence-corrected chi connectivity index (χ3v) is 3.03. The Morgan fingerprint density at radius 1 is 1.40 bits per heavy atom. The van der Waals surface area contributed by atoms with E-state index in [0.29, 0.717) is 10.0 Å². The highest BCUT2D eigenvalue weighted by Gasteiger charge is 2.11. The largest absolute Gasteiger partial charge is 0.476 e. The lowest BCUT2D eigenvalue weighted by Gasteiger charge is -1.97. The molecule has 0 radical (unpaired) electrons. The van der Waals surface area contributed by atoms with Crippen LogP contribution in [-0.2, 0) is 0 Å². The maximum Gasteiger partial charge on any atom is 0.355 e. The van der Waals surface area contributed by atoms with Gasteiger partial charge in [-0.25, -0.2) is 9.78 Å². The van der Waals surface area contributed by atoms with Gasteiger partial charge in [-0.05, 0) is 6.07 Å². The average molecular weight is 240 g/mol. The van der Waals surface area contributed by atoms with E-state index in [9.17, 15) is 4.79 Å². The fourth-order valence-electron chi connectivity index (χ4n) is 1.13. The molecule has 15 heavy (non-hydrogen) atoms. The number of thiazole rings is 1. The fourth-order valence-corrected chi connectivity index (χ4v) is 2.24. The number of aromatic carboxylic acids is 1. The molecule has 2 rings (SSSR count). The Bertz CT molecular complexity index is 510. The van der Waals surface area contributed by atoms with Crippen molar-refractivity contribution in [1.29, 1.82) is 0 Å². The van der Waals surface area contributed by atoms with Crippen LogP contribution in [0, 0.1) is 0 Å². The number of benzene rings is 1. The first-order valence-corrected chi connectivity index (χ1v) is 5.38. The second kappa shape index (κ2) is 4.00. The molecular weight excluding hydrogens is 234 g/mol. The van der Waals surface area contributed by atoms with Gasteiger partial charge in [-0.1, -0.05) is 29.8 Å². The van der Waals surface area contributed by atoms with Crippen LogP contribution in [0.15, 0.2) is 29.6 Å². The summed E-state index contributed by atoms with van der Waals surface area (Å²) in [6.45, 7) is 0. The van der Waals surface area contributed by atoms with Crippen LogP contribution in [-0.4, -0.2) is 16.1 Å². The maximum atomic E-state index is 10.6. The number of hydrogen-bond acceptors (Lipinski definition) is 3. The predicted molar refractivity (Wildman–Crippen MR) is 59.5 cm³/mol. The molecule has 3 nitrogen and oxygen atoms in total. The first-order valence-electron chi connectivity index (χ1n) is 4.12. The molecule has 0 atom stereocenters. The molecule has 0 saturated carbocycles. The van der Waals surface area contributed by atoms with E-state index in [1.165, 1.54) is 16.7 Å². The van der Waals surface area contributed by atoms with Crippen LogP contribution in [0.5, 0.6) is 0 Å². The van der Waals surface area contributed by atoms with Crippen molar-refractivity contribution in [3.05, 3.63) is 40.4 Å². The Morgan fingerprint density at radius 2 is 2.13 bits per heavy atom. The van der Waals surface area contributed by atoms with Crippen molar-refractivity contribution in [2.45, 2.75) is 0 Å². The molecular formula is C10H6ClNO2S. The Hall–Kier alpha value is -1.39. The van der Waals surface area contributed by atoms with Crippen molar-refractivity contribution < 1.29 is 9.90 Å². The van der Waals surface area contributed by atoms with E-state index >= 15 is 0 Å². The molecule has 0 aliphatic heterocycles. The number of carboxylic acids is 1. The molecule has 1 N–H and O–H groups in total. The average Bonchev–Trinajstić information content (AvgIpc) is 2.67. The lowest BCUT2D eigenvalue weighted by Crippen LogP contribution is -1.95. The summed E-state index contributed by atoms with van der Waals surface area (Å²) in [7, 11) is 0. The summed E-state index contributed by atoms with van der Waals surface area (Å²) in [6.07, 6.45) is 0. The van der Waals surface area contributed by atoms with Gasteiger partial charge in [0, 0.05) is 10.9 Å². The highest BCUT2D eigenvalue weighted by atomic mass is 35.5. The van der Waals surface area contributed by atoms with E-state index in [2.05, 4.69) is 4.98 Å². The molecule has 0 amide bonds. The monoisotopic (exact) mass is 239 g/mol. The topological polar surface area (TPSA) is 50.2 Å². The van der Waals surface area contributed by atoms with Gasteiger partial charge in [0.1, 0.15) is 5.01 Å². The van der Waals surface area contributed by atoms with Crippen molar-refractivity contribution in [3.63, 3.8) is 0 Å². The molecule has 76 valence electrons. The van der Waals surface area contributed by atoms with Crippen LogP contribution in [0.2, 0.25) is 5.02 Å². The number of hydrogen-bond donors (Lipinski definition) is 1. The Labute approximate surface area is 95.0 Å². The van der Waals surface area contributed by atoms with Crippen LogP contribution in [0.4, 0.5) is 0 Å². The fraction of sp³-hybridized carbons (Fsp3) is 0. The van der Waals surface area contributed by atoms with Crippen molar-refractivity contribution in [1.82, 2.24) is 4.98 Å². The molecule has 0 fully saturated rings. The molecule has 1 aromatic carbocycles. The first kappa shape index (κ1) is 10.1. The minimum Gasteiger partial charge on any atom is -0.476 e. The number of rotatable bonds is 2.